The van der Waals surface area contributed by atoms with E-state index < -0.39 is 0 Å². The van der Waals surface area contributed by atoms with Crippen LogP contribution in [0.25, 0.3) is 0 Å². The van der Waals surface area contributed by atoms with Gasteiger partial charge in [-0.25, -0.2) is 0 Å². The molecule has 1 fully saturated rings. The van der Waals surface area contributed by atoms with Crippen LogP contribution in [0.2, 0.25) is 0 Å². The summed E-state index contributed by atoms with van der Waals surface area (Å²) in [5.41, 5.74) is 1.26. The molecule has 18 heavy (non-hydrogen) atoms. The number of rotatable bonds is 3. The molecule has 0 heterocycles. The third-order valence-corrected chi connectivity index (χ3v) is 3.71. The zero-order valence-corrected chi connectivity index (χ0v) is 10.8. The fourth-order valence-corrected chi connectivity index (χ4v) is 2.67. The highest BCUT2D eigenvalue weighted by Gasteiger charge is 2.27. The van der Waals surface area contributed by atoms with Gasteiger partial charge in [0.1, 0.15) is 5.75 Å². The SMILES string of the molecule is CCOC(=O)C1CCC(c2ccc(O)cc2)CC1. The normalized spacial score (nSPS) is 23.6. The zero-order chi connectivity index (χ0) is 13.0. The van der Waals surface area contributed by atoms with Gasteiger partial charge in [-0.15, -0.1) is 0 Å². The molecular weight excluding hydrogens is 228 g/mol. The summed E-state index contributed by atoms with van der Waals surface area (Å²) >= 11 is 0. The van der Waals surface area contributed by atoms with Crippen LogP contribution in [0, 0.1) is 5.92 Å². The largest absolute Gasteiger partial charge is 0.508 e. The van der Waals surface area contributed by atoms with Crippen molar-refractivity contribution < 1.29 is 14.6 Å². The molecule has 1 aromatic rings. The first-order valence-corrected chi connectivity index (χ1v) is 6.66. The summed E-state index contributed by atoms with van der Waals surface area (Å²) in [5.74, 6) is 0.857. The summed E-state index contributed by atoms with van der Waals surface area (Å²) in [6.45, 7) is 2.32. The van der Waals surface area contributed by atoms with Crippen molar-refractivity contribution in [3.05, 3.63) is 29.8 Å². The first-order chi connectivity index (χ1) is 8.70. The van der Waals surface area contributed by atoms with E-state index in [0.717, 1.165) is 25.7 Å². The first kappa shape index (κ1) is 12.9. The number of esters is 1. The Kier molecular flexibility index (Phi) is 4.24. The van der Waals surface area contributed by atoms with Crippen molar-refractivity contribution in [1.82, 2.24) is 0 Å². The van der Waals surface area contributed by atoms with E-state index in [2.05, 4.69) is 0 Å². The number of benzene rings is 1. The second-order valence-electron chi connectivity index (χ2n) is 4.89. The van der Waals surface area contributed by atoms with Crippen LogP contribution in [-0.2, 0) is 9.53 Å². The molecule has 0 unspecified atom stereocenters. The van der Waals surface area contributed by atoms with Crippen LogP contribution in [0.15, 0.2) is 24.3 Å². The van der Waals surface area contributed by atoms with E-state index in [1.807, 2.05) is 19.1 Å². The van der Waals surface area contributed by atoms with Gasteiger partial charge < -0.3 is 9.84 Å². The molecule has 2 rings (SSSR count). The van der Waals surface area contributed by atoms with Crippen LogP contribution >= 0.6 is 0 Å². The number of phenolic OH excluding ortho intramolecular Hbond substituents is 1. The predicted octanol–water partition coefficient (Wildman–Crippen LogP) is 3.23. The maximum Gasteiger partial charge on any atom is 0.308 e. The highest BCUT2D eigenvalue weighted by atomic mass is 16.5. The molecule has 0 atom stereocenters. The molecule has 1 aliphatic rings. The van der Waals surface area contributed by atoms with Gasteiger partial charge in [-0.2, -0.15) is 0 Å². The Hall–Kier alpha value is -1.51. The third-order valence-electron chi connectivity index (χ3n) is 3.71. The van der Waals surface area contributed by atoms with Gasteiger partial charge >= 0.3 is 5.97 Å². The van der Waals surface area contributed by atoms with Crippen molar-refractivity contribution in [3.8, 4) is 5.75 Å². The summed E-state index contributed by atoms with van der Waals surface area (Å²) in [6, 6.07) is 7.41. The quantitative estimate of drug-likeness (QED) is 0.835. The molecule has 98 valence electrons. The summed E-state index contributed by atoms with van der Waals surface area (Å²) in [6.07, 6.45) is 3.86. The Morgan fingerprint density at radius 1 is 1.22 bits per heavy atom. The fraction of sp³-hybridized carbons (Fsp3) is 0.533. The second-order valence-corrected chi connectivity index (χ2v) is 4.89. The molecule has 0 amide bonds. The van der Waals surface area contributed by atoms with Gasteiger partial charge in [0.2, 0.25) is 0 Å². The van der Waals surface area contributed by atoms with Gasteiger partial charge in [0, 0.05) is 0 Å². The van der Waals surface area contributed by atoms with Gasteiger partial charge in [-0.1, -0.05) is 12.1 Å². The Labute approximate surface area is 108 Å². The Morgan fingerprint density at radius 2 is 1.83 bits per heavy atom. The van der Waals surface area contributed by atoms with Crippen molar-refractivity contribution >= 4 is 5.97 Å². The van der Waals surface area contributed by atoms with Crippen LogP contribution < -0.4 is 0 Å². The number of carbonyl (C=O) groups is 1. The average Bonchev–Trinajstić information content (AvgIpc) is 2.40. The fourth-order valence-electron chi connectivity index (χ4n) is 2.67. The minimum Gasteiger partial charge on any atom is -0.508 e. The van der Waals surface area contributed by atoms with E-state index >= 15 is 0 Å². The van der Waals surface area contributed by atoms with E-state index in [1.165, 1.54) is 5.56 Å². The number of aromatic hydroxyl groups is 1. The lowest BCUT2D eigenvalue weighted by Gasteiger charge is -2.27. The van der Waals surface area contributed by atoms with Crippen molar-refractivity contribution in [2.75, 3.05) is 6.61 Å². The van der Waals surface area contributed by atoms with E-state index in [4.69, 9.17) is 4.74 Å². The average molecular weight is 248 g/mol. The summed E-state index contributed by atoms with van der Waals surface area (Å²) in [5, 5.41) is 9.27. The molecule has 0 spiro atoms. The van der Waals surface area contributed by atoms with E-state index in [0.29, 0.717) is 18.3 Å². The minimum absolute atomic E-state index is 0.0401. The smallest absolute Gasteiger partial charge is 0.308 e. The van der Waals surface area contributed by atoms with Crippen LogP contribution in [0.4, 0.5) is 0 Å². The highest BCUT2D eigenvalue weighted by molar-refractivity contribution is 5.72. The lowest BCUT2D eigenvalue weighted by atomic mass is 9.79. The third kappa shape index (κ3) is 3.03. The van der Waals surface area contributed by atoms with Crippen LogP contribution in [0.1, 0.15) is 44.1 Å². The molecule has 0 radical (unpaired) electrons. The van der Waals surface area contributed by atoms with Crippen molar-refractivity contribution in [3.63, 3.8) is 0 Å². The molecule has 0 bridgehead atoms. The van der Waals surface area contributed by atoms with Crippen molar-refractivity contribution in [2.45, 2.75) is 38.5 Å². The lowest BCUT2D eigenvalue weighted by molar-refractivity contribution is -0.149. The summed E-state index contributed by atoms with van der Waals surface area (Å²) in [7, 11) is 0. The Balaban J connectivity index is 1.90. The van der Waals surface area contributed by atoms with Gasteiger partial charge in [0.15, 0.2) is 0 Å². The number of phenols is 1. The number of ether oxygens (including phenoxy) is 1. The van der Waals surface area contributed by atoms with Crippen LogP contribution in [0.3, 0.4) is 0 Å². The molecule has 0 aromatic heterocycles. The maximum absolute atomic E-state index is 11.6. The van der Waals surface area contributed by atoms with Gasteiger partial charge in [-0.05, 0) is 56.2 Å². The predicted molar refractivity (Wildman–Crippen MR) is 69.4 cm³/mol. The molecule has 1 aliphatic carbocycles. The van der Waals surface area contributed by atoms with Gasteiger partial charge in [-0.3, -0.25) is 4.79 Å². The second kappa shape index (κ2) is 5.89. The molecule has 1 N–H and O–H groups in total. The van der Waals surface area contributed by atoms with Gasteiger partial charge in [0.25, 0.3) is 0 Å². The minimum atomic E-state index is -0.0401. The molecule has 3 nitrogen and oxygen atoms in total. The zero-order valence-electron chi connectivity index (χ0n) is 10.8. The molecular formula is C15H20O3. The standard InChI is InChI=1S/C15H20O3/c1-2-18-15(17)13-5-3-11(4-6-13)12-7-9-14(16)10-8-12/h7-11,13,16H,2-6H2,1H3. The summed E-state index contributed by atoms with van der Waals surface area (Å²) < 4.78 is 5.07. The number of hydrogen-bond donors (Lipinski definition) is 1. The van der Waals surface area contributed by atoms with Crippen LogP contribution in [0.5, 0.6) is 5.75 Å². The van der Waals surface area contributed by atoms with E-state index in [1.54, 1.807) is 12.1 Å². The molecule has 1 aromatic carbocycles. The van der Waals surface area contributed by atoms with E-state index in [-0.39, 0.29) is 11.9 Å². The first-order valence-electron chi connectivity index (χ1n) is 6.66. The number of hydrogen-bond acceptors (Lipinski definition) is 3. The topological polar surface area (TPSA) is 46.5 Å². The molecule has 0 saturated heterocycles. The highest BCUT2D eigenvalue weighted by Crippen LogP contribution is 2.36. The van der Waals surface area contributed by atoms with Gasteiger partial charge in [0.05, 0.1) is 12.5 Å². The monoisotopic (exact) mass is 248 g/mol. The molecule has 0 aliphatic heterocycles. The molecule has 3 heteroatoms. The Bertz CT molecular complexity index is 389. The van der Waals surface area contributed by atoms with Crippen LogP contribution in [-0.4, -0.2) is 17.7 Å². The van der Waals surface area contributed by atoms with E-state index in [9.17, 15) is 9.90 Å². The molecule has 1 saturated carbocycles. The maximum atomic E-state index is 11.6. The summed E-state index contributed by atoms with van der Waals surface area (Å²) in [4.78, 5) is 11.6. The number of carbonyl (C=O) groups excluding carboxylic acids is 1. The van der Waals surface area contributed by atoms with Crippen molar-refractivity contribution in [2.24, 2.45) is 5.92 Å². The Morgan fingerprint density at radius 3 is 2.39 bits per heavy atom. The van der Waals surface area contributed by atoms with Crippen molar-refractivity contribution in [1.29, 1.82) is 0 Å². The lowest BCUT2D eigenvalue weighted by Crippen LogP contribution is -2.23.